The zero-order valence-electron chi connectivity index (χ0n) is 18.9. The topological polar surface area (TPSA) is 3.24 Å². The second kappa shape index (κ2) is 7.62. The maximum atomic E-state index is 7.76. The number of halogens is 3. The third-order valence-corrected chi connectivity index (χ3v) is 22.6. The van der Waals surface area contributed by atoms with Crippen molar-refractivity contribution in [3.63, 3.8) is 0 Å². The zero-order valence-corrected chi connectivity index (χ0v) is 25.3. The quantitative estimate of drug-likeness (QED) is 0.190. The number of thiol groups is 1. The number of anilines is 1. The van der Waals surface area contributed by atoms with Crippen LogP contribution in [0.15, 0.2) is 89.0 Å². The summed E-state index contributed by atoms with van der Waals surface area (Å²) in [6.07, 6.45) is 3.12. The number of benzene rings is 4. The van der Waals surface area contributed by atoms with Crippen molar-refractivity contribution in [2.45, 2.75) is 12.3 Å². The zero-order chi connectivity index (χ0) is 24.1. The standard InChI is InChI=1S/C16H11BrN.C13H9.2ClH.H2S.Zr/c1-18-14-5-3-2-4-13(14)16-12-7-6-11(17)8-10(12)9-15(16)18;1-3-7-12-10(5-1)9-11-6-2-4-8-13(11)12;;;;/h2-6,8-9,16H,1H3;1-5,7-8H,9H2;2*1H;1H2;/q;;;;;+3/p-3. The first-order chi connectivity index (χ1) is 16.7. The van der Waals surface area contributed by atoms with Crippen molar-refractivity contribution in [1.29, 1.82) is 0 Å². The molecule has 0 saturated carbocycles. The average Bonchev–Trinajstić information content (AvgIpc) is 3.48. The van der Waals surface area contributed by atoms with E-state index in [0.717, 1.165) is 17.4 Å². The van der Waals surface area contributed by atoms with Gasteiger partial charge in [-0.05, 0) is 0 Å². The van der Waals surface area contributed by atoms with E-state index in [-0.39, 0.29) is 5.92 Å². The molecule has 0 N–H and O–H groups in total. The van der Waals surface area contributed by atoms with Crippen LogP contribution in [-0.2, 0) is 21.4 Å². The summed E-state index contributed by atoms with van der Waals surface area (Å²) >= 11 is -1.29. The normalized spacial score (nSPS) is 18.2. The van der Waals surface area contributed by atoms with Gasteiger partial charge < -0.3 is 0 Å². The molecular formula is C29H21BrCl2NSZr. The Morgan fingerprint density at radius 3 is 2.51 bits per heavy atom. The van der Waals surface area contributed by atoms with Crippen LogP contribution in [0.25, 0.3) is 17.2 Å². The van der Waals surface area contributed by atoms with Gasteiger partial charge in [0, 0.05) is 0 Å². The van der Waals surface area contributed by atoms with E-state index in [2.05, 4.69) is 113 Å². The molecule has 0 bridgehead atoms. The van der Waals surface area contributed by atoms with E-state index in [1.165, 1.54) is 50.3 Å². The van der Waals surface area contributed by atoms with Crippen molar-refractivity contribution >= 4 is 60.6 Å². The fourth-order valence-corrected chi connectivity index (χ4v) is 19.9. The Bertz CT molecular complexity index is 1620. The molecule has 1 aliphatic heterocycles. The van der Waals surface area contributed by atoms with Crippen LogP contribution in [0, 0.1) is 0 Å². The van der Waals surface area contributed by atoms with Gasteiger partial charge in [-0.1, -0.05) is 0 Å². The Labute approximate surface area is 225 Å². The first-order valence-electron chi connectivity index (χ1n) is 11.6. The molecule has 4 aromatic rings. The Morgan fingerprint density at radius 2 is 1.66 bits per heavy atom. The summed E-state index contributed by atoms with van der Waals surface area (Å²) in [5.74, 6) is 0.112. The molecule has 173 valence electrons. The summed E-state index contributed by atoms with van der Waals surface area (Å²) in [6, 6.07) is 27.9. The van der Waals surface area contributed by atoms with Gasteiger partial charge in [-0.25, -0.2) is 0 Å². The van der Waals surface area contributed by atoms with Gasteiger partial charge in [-0.3, -0.25) is 0 Å². The molecular weight excluding hydrogens is 636 g/mol. The van der Waals surface area contributed by atoms with Crippen molar-refractivity contribution in [1.82, 2.24) is 0 Å². The fourth-order valence-electron chi connectivity index (χ4n) is 6.31. The number of nitrogens with zero attached hydrogens (tertiary/aromatic N) is 1. The van der Waals surface area contributed by atoms with Gasteiger partial charge >= 0.3 is 228 Å². The number of fused-ring (bicyclic) bond motifs is 8. The molecule has 3 aliphatic rings. The van der Waals surface area contributed by atoms with Gasteiger partial charge in [0.1, 0.15) is 0 Å². The van der Waals surface area contributed by atoms with Crippen LogP contribution in [0.2, 0.25) is 0 Å². The van der Waals surface area contributed by atoms with Crippen molar-refractivity contribution in [2.75, 3.05) is 11.9 Å². The van der Waals surface area contributed by atoms with Gasteiger partial charge in [0.15, 0.2) is 0 Å². The molecule has 0 spiro atoms. The van der Waals surface area contributed by atoms with Crippen LogP contribution in [0.1, 0.15) is 33.7 Å². The summed E-state index contributed by atoms with van der Waals surface area (Å²) in [4.78, 5) is 2.29. The second-order valence-electron chi connectivity index (χ2n) is 9.71. The molecule has 6 heteroatoms. The van der Waals surface area contributed by atoms with Gasteiger partial charge in [-0.15, -0.1) is 0 Å². The summed E-state index contributed by atoms with van der Waals surface area (Å²) < 4.78 is 3.01. The molecule has 0 aromatic heterocycles. The van der Waals surface area contributed by atoms with Gasteiger partial charge in [0.05, 0.1) is 0 Å². The van der Waals surface area contributed by atoms with Crippen molar-refractivity contribution in [3.05, 3.63) is 117 Å². The van der Waals surface area contributed by atoms with Crippen LogP contribution in [0.4, 0.5) is 5.69 Å². The molecule has 1 nitrogen and oxygen atoms in total. The van der Waals surface area contributed by atoms with Crippen LogP contribution < -0.4 is 11.4 Å². The number of hydrogen-bond acceptors (Lipinski definition) is 2. The Balaban J connectivity index is 1.48. The van der Waals surface area contributed by atoms with E-state index in [1.54, 1.807) is 0 Å². The molecule has 0 radical (unpaired) electrons. The van der Waals surface area contributed by atoms with E-state index < -0.39 is 14.9 Å². The monoisotopic (exact) mass is 654 g/mol. The molecule has 2 aliphatic carbocycles. The molecule has 1 atom stereocenters. The van der Waals surface area contributed by atoms with E-state index >= 15 is 0 Å². The minimum absolute atomic E-state index is 0.112. The number of allylic oxidation sites excluding steroid dienone is 1. The summed E-state index contributed by atoms with van der Waals surface area (Å²) in [6.45, 7) is 0. The third kappa shape index (κ3) is 3.17. The van der Waals surface area contributed by atoms with Gasteiger partial charge in [0.2, 0.25) is 0 Å². The Morgan fingerprint density at radius 1 is 0.914 bits per heavy atom. The first-order valence-corrected chi connectivity index (χ1v) is 25.0. The summed E-state index contributed by atoms with van der Waals surface area (Å²) in [5.41, 5.74) is 11.2. The SMILES string of the molecule is CN1C2=Cc3cc(Br)c[c]([Zr]([SH])([Cl])([Cl])[c]4cccc5c4Cc4ccccc4-5)c3C2c2ccccc21. The van der Waals surface area contributed by atoms with E-state index in [4.69, 9.17) is 26.4 Å². The van der Waals surface area contributed by atoms with Crippen molar-refractivity contribution in [2.24, 2.45) is 0 Å². The third-order valence-electron chi connectivity index (χ3n) is 7.83. The molecule has 0 fully saturated rings. The predicted molar refractivity (Wildman–Crippen MR) is 153 cm³/mol. The Kier molecular flexibility index (Phi) is 4.98. The number of rotatable bonds is 2. The number of para-hydroxylation sites is 1. The molecule has 0 amide bonds. The van der Waals surface area contributed by atoms with Crippen LogP contribution >= 0.6 is 42.3 Å². The predicted octanol–water partition coefficient (Wildman–Crippen LogP) is 7.75. The average molecular weight is 658 g/mol. The molecule has 35 heavy (non-hydrogen) atoms. The maximum absolute atomic E-state index is 7.76. The number of likely N-dealkylation sites (N-methyl/N-ethyl adjacent to an activating group) is 1. The molecule has 1 unspecified atom stereocenters. The fraction of sp³-hybridized carbons (Fsp3) is 0.103. The minimum atomic E-state index is -5.05. The molecule has 4 aromatic carbocycles. The van der Waals surface area contributed by atoms with Crippen LogP contribution in [0.5, 0.6) is 0 Å². The molecule has 0 saturated heterocycles. The van der Waals surface area contributed by atoms with E-state index in [1.807, 2.05) is 0 Å². The molecule has 1 heterocycles. The Hall–Kier alpha value is -1.29. The number of hydrogen-bond donors (Lipinski definition) is 1. The summed E-state index contributed by atoms with van der Waals surface area (Å²) in [7, 11) is 23.0. The van der Waals surface area contributed by atoms with Crippen LogP contribution in [-0.4, -0.2) is 7.05 Å². The van der Waals surface area contributed by atoms with Crippen molar-refractivity contribution < 1.29 is 14.9 Å². The molecule has 7 rings (SSSR count). The van der Waals surface area contributed by atoms with Crippen LogP contribution in [0.3, 0.4) is 0 Å². The summed E-state index contributed by atoms with van der Waals surface area (Å²) in [5, 5.41) is 0. The van der Waals surface area contributed by atoms with Crippen molar-refractivity contribution in [3.8, 4) is 11.1 Å². The van der Waals surface area contributed by atoms with E-state index in [0.29, 0.717) is 0 Å². The van der Waals surface area contributed by atoms with Gasteiger partial charge in [0.25, 0.3) is 0 Å². The van der Waals surface area contributed by atoms with E-state index in [9.17, 15) is 0 Å². The van der Waals surface area contributed by atoms with Gasteiger partial charge in [-0.2, -0.15) is 0 Å². The second-order valence-corrected chi connectivity index (χ2v) is 36.5. The first kappa shape index (κ1) is 22.9.